The lowest BCUT2D eigenvalue weighted by atomic mass is 10.0. The van der Waals surface area contributed by atoms with Crippen LogP contribution in [-0.4, -0.2) is 40.7 Å². The summed E-state index contributed by atoms with van der Waals surface area (Å²) in [6, 6.07) is 21.5. The summed E-state index contributed by atoms with van der Waals surface area (Å²) in [5.41, 5.74) is 3.69. The number of anilines is 1. The number of nitrogens with one attached hydrogen (secondary N) is 1. The minimum atomic E-state index is -0.817. The van der Waals surface area contributed by atoms with Crippen molar-refractivity contribution in [2.24, 2.45) is 7.05 Å². The molecule has 1 atom stereocenters. The van der Waals surface area contributed by atoms with Gasteiger partial charge in [-0.3, -0.25) is 9.59 Å². The van der Waals surface area contributed by atoms with E-state index in [2.05, 4.69) is 24.3 Å². The molecule has 0 saturated carbocycles. The molecule has 0 saturated heterocycles. The number of nitrogens with zero attached hydrogens (tertiary/aromatic N) is 3. The van der Waals surface area contributed by atoms with Gasteiger partial charge in [-0.1, -0.05) is 56.3 Å². The maximum atomic E-state index is 13.5. The molecule has 4 aromatic rings. The first-order chi connectivity index (χ1) is 16.8. The van der Waals surface area contributed by atoms with Gasteiger partial charge in [0.15, 0.2) is 0 Å². The topological polar surface area (TPSA) is 76.5 Å². The van der Waals surface area contributed by atoms with E-state index in [0.717, 1.165) is 10.9 Å². The van der Waals surface area contributed by atoms with Crippen LogP contribution >= 0.6 is 0 Å². The van der Waals surface area contributed by atoms with Gasteiger partial charge < -0.3 is 15.0 Å². The van der Waals surface area contributed by atoms with E-state index in [1.54, 1.807) is 38.0 Å². The van der Waals surface area contributed by atoms with Crippen molar-refractivity contribution in [3.8, 4) is 5.88 Å². The molecule has 1 heterocycles. The van der Waals surface area contributed by atoms with Crippen molar-refractivity contribution >= 4 is 28.4 Å². The van der Waals surface area contributed by atoms with Crippen molar-refractivity contribution in [1.82, 2.24) is 14.7 Å². The Labute approximate surface area is 205 Å². The number of amides is 2. The van der Waals surface area contributed by atoms with Gasteiger partial charge in [0.2, 0.25) is 5.88 Å². The van der Waals surface area contributed by atoms with Crippen molar-refractivity contribution in [3.63, 3.8) is 0 Å². The Balaban J connectivity index is 1.64. The van der Waals surface area contributed by atoms with Crippen LogP contribution in [0.4, 0.5) is 5.69 Å². The third-order valence-electron chi connectivity index (χ3n) is 6.14. The molecule has 0 fully saturated rings. The van der Waals surface area contributed by atoms with E-state index in [1.807, 2.05) is 60.7 Å². The average Bonchev–Trinajstić information content (AvgIpc) is 3.18. The van der Waals surface area contributed by atoms with Crippen molar-refractivity contribution in [3.05, 3.63) is 89.5 Å². The normalized spacial score (nSPS) is 11.9. The van der Waals surface area contributed by atoms with E-state index in [1.165, 1.54) is 10.5 Å². The molecule has 1 N–H and O–H groups in total. The van der Waals surface area contributed by atoms with Crippen molar-refractivity contribution in [2.75, 3.05) is 19.5 Å². The van der Waals surface area contributed by atoms with Crippen LogP contribution < -0.4 is 10.1 Å². The summed E-state index contributed by atoms with van der Waals surface area (Å²) >= 11 is 0. The number of methoxy groups -OCH3 is 1. The maximum absolute atomic E-state index is 13.5. The zero-order chi connectivity index (χ0) is 25.1. The van der Waals surface area contributed by atoms with Gasteiger partial charge in [0.1, 0.15) is 6.04 Å². The Kier molecular flexibility index (Phi) is 6.87. The second-order valence-electron chi connectivity index (χ2n) is 8.86. The molecular formula is C28H30N4O3. The lowest BCUT2D eigenvalue weighted by molar-refractivity contribution is -0.120. The van der Waals surface area contributed by atoms with Crippen LogP contribution in [-0.2, 0) is 11.8 Å². The molecule has 2 amide bonds. The van der Waals surface area contributed by atoms with Gasteiger partial charge in [-0.05, 0) is 47.4 Å². The number of likely N-dealkylation sites (N-methyl/N-ethyl adjacent to an activating group) is 1. The van der Waals surface area contributed by atoms with Crippen LogP contribution in [0.5, 0.6) is 5.88 Å². The van der Waals surface area contributed by atoms with E-state index >= 15 is 0 Å². The molecule has 35 heavy (non-hydrogen) atoms. The van der Waals surface area contributed by atoms with E-state index in [9.17, 15) is 9.59 Å². The van der Waals surface area contributed by atoms with Crippen molar-refractivity contribution < 1.29 is 14.3 Å². The van der Waals surface area contributed by atoms with Crippen LogP contribution in [0.3, 0.4) is 0 Å². The fourth-order valence-corrected chi connectivity index (χ4v) is 4.22. The minimum Gasteiger partial charge on any atom is -0.481 e. The molecule has 0 unspecified atom stereocenters. The second kappa shape index (κ2) is 10.0. The fraction of sp³-hybridized carbons (Fsp3) is 0.250. The second-order valence-corrected chi connectivity index (χ2v) is 8.86. The molecule has 0 aliphatic heterocycles. The van der Waals surface area contributed by atoms with Gasteiger partial charge in [-0.2, -0.15) is 5.10 Å². The average molecular weight is 471 g/mol. The smallest absolute Gasteiger partial charge is 0.254 e. The lowest BCUT2D eigenvalue weighted by Gasteiger charge is -2.28. The molecule has 0 aliphatic carbocycles. The predicted octanol–water partition coefficient (Wildman–Crippen LogP) is 5.16. The quantitative estimate of drug-likeness (QED) is 0.405. The molecule has 1 aromatic heterocycles. The summed E-state index contributed by atoms with van der Waals surface area (Å²) < 4.78 is 7.04. The SMILES string of the molecule is COc1c2ccc(C(=O)N(C)[C@H](C(=O)Nc3ccc(C(C)C)cc3)c3ccccc3)cc2nn1C. The fourth-order valence-electron chi connectivity index (χ4n) is 4.22. The highest BCUT2D eigenvalue weighted by Crippen LogP contribution is 2.28. The van der Waals surface area contributed by atoms with Gasteiger partial charge in [-0.15, -0.1) is 0 Å². The van der Waals surface area contributed by atoms with Gasteiger partial charge in [0.05, 0.1) is 18.0 Å². The molecule has 7 nitrogen and oxygen atoms in total. The number of benzene rings is 3. The standard InChI is InChI=1S/C28H30N4O3/c1-18(2)19-11-14-22(15-12-19)29-26(33)25(20-9-7-6-8-10-20)31(3)27(34)21-13-16-23-24(17-21)30-32(4)28(23)35-5/h6-18,25H,1-5H3,(H,29,33)/t25-/m0/s1. The maximum Gasteiger partial charge on any atom is 0.254 e. The summed E-state index contributed by atoms with van der Waals surface area (Å²) in [6.45, 7) is 4.25. The molecule has 3 aromatic carbocycles. The number of hydrogen-bond donors (Lipinski definition) is 1. The van der Waals surface area contributed by atoms with Gasteiger partial charge in [0, 0.05) is 25.3 Å². The first kappa shape index (κ1) is 24.0. The first-order valence-corrected chi connectivity index (χ1v) is 11.5. The monoisotopic (exact) mass is 470 g/mol. The van der Waals surface area contributed by atoms with E-state index in [0.29, 0.717) is 28.6 Å². The highest BCUT2D eigenvalue weighted by Gasteiger charge is 2.30. The Morgan fingerprint density at radius 3 is 2.29 bits per heavy atom. The molecule has 0 radical (unpaired) electrons. The van der Waals surface area contributed by atoms with Crippen LogP contribution in [0, 0.1) is 0 Å². The van der Waals surface area contributed by atoms with Crippen LogP contribution in [0.1, 0.15) is 47.3 Å². The van der Waals surface area contributed by atoms with E-state index in [-0.39, 0.29) is 11.8 Å². The Bertz CT molecular complexity index is 1340. The third-order valence-corrected chi connectivity index (χ3v) is 6.14. The minimum absolute atomic E-state index is 0.282. The molecule has 0 bridgehead atoms. The molecule has 0 aliphatic rings. The number of rotatable bonds is 7. The highest BCUT2D eigenvalue weighted by atomic mass is 16.5. The summed E-state index contributed by atoms with van der Waals surface area (Å²) in [5, 5.41) is 8.23. The van der Waals surface area contributed by atoms with Crippen LogP contribution in [0.2, 0.25) is 0 Å². The zero-order valence-corrected chi connectivity index (χ0v) is 20.6. The third kappa shape index (κ3) is 4.89. The summed E-state index contributed by atoms with van der Waals surface area (Å²) in [5.74, 6) is 0.454. The first-order valence-electron chi connectivity index (χ1n) is 11.5. The van der Waals surface area contributed by atoms with Gasteiger partial charge in [-0.25, -0.2) is 4.68 Å². The number of carbonyl (C=O) groups excluding carboxylic acids is 2. The number of aromatic nitrogens is 2. The number of carbonyl (C=O) groups is 2. The summed E-state index contributed by atoms with van der Waals surface area (Å²) in [7, 11) is 5.02. The Morgan fingerprint density at radius 2 is 1.66 bits per heavy atom. The summed E-state index contributed by atoms with van der Waals surface area (Å²) in [4.78, 5) is 28.5. The molecule has 7 heteroatoms. The Morgan fingerprint density at radius 1 is 0.971 bits per heavy atom. The largest absolute Gasteiger partial charge is 0.481 e. The Hall–Kier alpha value is -4.13. The van der Waals surface area contributed by atoms with E-state index < -0.39 is 6.04 Å². The number of fused-ring (bicyclic) bond motifs is 1. The lowest BCUT2D eigenvalue weighted by Crippen LogP contribution is -2.38. The van der Waals surface area contributed by atoms with E-state index in [4.69, 9.17) is 4.74 Å². The van der Waals surface area contributed by atoms with Crippen LogP contribution in [0.25, 0.3) is 10.9 Å². The van der Waals surface area contributed by atoms with Crippen molar-refractivity contribution in [2.45, 2.75) is 25.8 Å². The van der Waals surface area contributed by atoms with Gasteiger partial charge >= 0.3 is 0 Å². The number of hydrogen-bond acceptors (Lipinski definition) is 4. The molecular weight excluding hydrogens is 440 g/mol. The number of aryl methyl sites for hydroxylation is 1. The number of ether oxygens (including phenoxy) is 1. The van der Waals surface area contributed by atoms with Crippen molar-refractivity contribution in [1.29, 1.82) is 0 Å². The highest BCUT2D eigenvalue weighted by molar-refractivity contribution is 6.03. The molecule has 4 rings (SSSR count). The molecule has 180 valence electrons. The molecule has 0 spiro atoms. The predicted molar refractivity (Wildman–Crippen MR) is 138 cm³/mol. The zero-order valence-electron chi connectivity index (χ0n) is 20.6. The summed E-state index contributed by atoms with van der Waals surface area (Å²) in [6.07, 6.45) is 0. The van der Waals surface area contributed by atoms with Gasteiger partial charge in [0.25, 0.3) is 11.8 Å². The van der Waals surface area contributed by atoms with Crippen LogP contribution in [0.15, 0.2) is 72.8 Å².